The lowest BCUT2D eigenvalue weighted by molar-refractivity contribution is 1.04. The Labute approximate surface area is 169 Å². The lowest BCUT2D eigenvalue weighted by atomic mass is 10.1. The van der Waals surface area contributed by atoms with Gasteiger partial charge in [0.2, 0.25) is 0 Å². The van der Waals surface area contributed by atoms with E-state index in [0.717, 1.165) is 16.9 Å². The summed E-state index contributed by atoms with van der Waals surface area (Å²) in [6, 6.07) is 25.2. The molecule has 0 aliphatic rings. The van der Waals surface area contributed by atoms with E-state index in [0.29, 0.717) is 0 Å². The van der Waals surface area contributed by atoms with E-state index in [1.807, 2.05) is 60.8 Å². The van der Waals surface area contributed by atoms with Crippen LogP contribution in [-0.4, -0.2) is 0 Å². The predicted molar refractivity (Wildman–Crippen MR) is 124 cm³/mol. The van der Waals surface area contributed by atoms with Crippen molar-refractivity contribution in [3.8, 4) is 0 Å². The molecular formula is C25H22N2S. The van der Waals surface area contributed by atoms with Crippen LogP contribution >= 0.6 is 11.3 Å². The highest BCUT2D eigenvalue weighted by Gasteiger charge is 2.10. The zero-order chi connectivity index (χ0) is 19.3. The molecule has 0 spiro atoms. The maximum atomic E-state index is 6.57. The Morgan fingerprint density at radius 1 is 0.857 bits per heavy atom. The number of hydrogen-bond donors (Lipinski definition) is 1. The van der Waals surface area contributed by atoms with Gasteiger partial charge >= 0.3 is 0 Å². The van der Waals surface area contributed by atoms with Crippen molar-refractivity contribution in [1.82, 2.24) is 0 Å². The maximum Gasteiger partial charge on any atom is 0.0582 e. The van der Waals surface area contributed by atoms with Crippen molar-refractivity contribution < 1.29 is 0 Å². The molecule has 138 valence electrons. The van der Waals surface area contributed by atoms with Crippen LogP contribution in [0.1, 0.15) is 12.5 Å². The summed E-state index contributed by atoms with van der Waals surface area (Å²) in [6.45, 7) is 2.00. The minimum atomic E-state index is 0.920. The normalized spacial score (nSPS) is 12.6. The minimum Gasteiger partial charge on any atom is -0.280 e. The van der Waals surface area contributed by atoms with Crippen molar-refractivity contribution >= 4 is 43.3 Å². The number of nitrogens with zero attached hydrogens (tertiary/aromatic N) is 1. The summed E-state index contributed by atoms with van der Waals surface area (Å²) >= 11 is 1.81. The number of rotatable bonds is 5. The monoisotopic (exact) mass is 382 g/mol. The van der Waals surface area contributed by atoms with E-state index >= 15 is 0 Å². The molecule has 0 aliphatic heterocycles. The lowest BCUT2D eigenvalue weighted by Crippen LogP contribution is -2.29. The van der Waals surface area contributed by atoms with Gasteiger partial charge < -0.3 is 0 Å². The molecule has 0 amide bonds. The van der Waals surface area contributed by atoms with Gasteiger partial charge in [-0.15, -0.1) is 11.3 Å². The second kappa shape index (κ2) is 8.26. The fraction of sp³-hybridized carbons (Fsp3) is 0.0400. The highest BCUT2D eigenvalue weighted by Crippen LogP contribution is 2.36. The highest BCUT2D eigenvalue weighted by molar-refractivity contribution is 7.25. The number of benzene rings is 3. The van der Waals surface area contributed by atoms with Gasteiger partial charge in [-0.1, -0.05) is 66.8 Å². The quantitative estimate of drug-likeness (QED) is 0.231. The van der Waals surface area contributed by atoms with Crippen molar-refractivity contribution in [2.75, 3.05) is 5.01 Å². The Bertz CT molecular complexity index is 1180. The number of nitrogens with two attached hydrogens (primary N) is 1. The third-order valence-electron chi connectivity index (χ3n) is 4.60. The van der Waals surface area contributed by atoms with Crippen molar-refractivity contribution in [3.63, 3.8) is 0 Å². The number of hydrogen-bond acceptors (Lipinski definition) is 3. The largest absolute Gasteiger partial charge is 0.280 e. The lowest BCUT2D eigenvalue weighted by Gasteiger charge is -2.20. The second-order valence-electron chi connectivity index (χ2n) is 6.51. The summed E-state index contributed by atoms with van der Waals surface area (Å²) in [5.74, 6) is 6.57. The molecule has 3 aromatic carbocycles. The molecule has 4 aromatic rings. The van der Waals surface area contributed by atoms with E-state index in [1.165, 1.54) is 20.2 Å². The topological polar surface area (TPSA) is 29.3 Å². The van der Waals surface area contributed by atoms with Gasteiger partial charge in [0.25, 0.3) is 0 Å². The smallest absolute Gasteiger partial charge is 0.0582 e. The van der Waals surface area contributed by atoms with Crippen LogP contribution in [-0.2, 0) is 0 Å². The van der Waals surface area contributed by atoms with Gasteiger partial charge in [-0.2, -0.15) is 0 Å². The van der Waals surface area contributed by atoms with Gasteiger partial charge in [0.05, 0.1) is 11.4 Å². The first-order valence-electron chi connectivity index (χ1n) is 9.28. The summed E-state index contributed by atoms with van der Waals surface area (Å²) in [5, 5.41) is 4.26. The molecule has 2 nitrogen and oxygen atoms in total. The van der Waals surface area contributed by atoms with Crippen LogP contribution < -0.4 is 10.9 Å². The van der Waals surface area contributed by atoms with Crippen molar-refractivity contribution in [3.05, 3.63) is 108 Å². The molecule has 0 radical (unpaired) electrons. The summed E-state index contributed by atoms with van der Waals surface area (Å²) in [4.78, 5) is 0. The minimum absolute atomic E-state index is 0.920. The van der Waals surface area contributed by atoms with E-state index < -0.39 is 0 Å². The highest BCUT2D eigenvalue weighted by atomic mass is 32.1. The standard InChI is InChI=1S/C25H22N2S/c1-2-3-5-12-20(17-19-10-6-4-7-11-19)27(26)21-15-16-25-23(18-21)22-13-8-9-14-24(22)28-25/h2-18H,26H2,1H3/b3-2-,12-5-,20-17?. The third kappa shape index (κ3) is 3.77. The molecule has 0 fully saturated rings. The molecule has 0 atom stereocenters. The van der Waals surface area contributed by atoms with Gasteiger partial charge in [-0.05, 0) is 48.9 Å². The van der Waals surface area contributed by atoms with Gasteiger partial charge in [0.15, 0.2) is 0 Å². The Morgan fingerprint density at radius 2 is 1.61 bits per heavy atom. The van der Waals surface area contributed by atoms with Crippen LogP contribution in [0.25, 0.3) is 26.2 Å². The Morgan fingerprint density at radius 3 is 2.43 bits per heavy atom. The van der Waals surface area contributed by atoms with Crippen LogP contribution in [0, 0.1) is 0 Å². The molecule has 0 unspecified atom stereocenters. The fourth-order valence-corrected chi connectivity index (χ4v) is 4.28. The molecule has 28 heavy (non-hydrogen) atoms. The summed E-state index contributed by atoms with van der Waals surface area (Å²) in [7, 11) is 0. The molecule has 2 N–H and O–H groups in total. The first kappa shape index (κ1) is 18.2. The zero-order valence-electron chi connectivity index (χ0n) is 15.7. The average molecular weight is 383 g/mol. The predicted octanol–water partition coefficient (Wildman–Crippen LogP) is 6.91. The van der Waals surface area contributed by atoms with E-state index in [4.69, 9.17) is 5.84 Å². The average Bonchev–Trinajstić information content (AvgIpc) is 3.11. The number of thiophene rings is 1. The Hall–Kier alpha value is -3.14. The SMILES string of the molecule is C/C=C\C=C/C(=Cc1ccccc1)N(N)c1ccc2sc3ccccc3c2c1. The number of hydrazine groups is 1. The maximum absolute atomic E-state index is 6.57. The molecule has 0 aliphatic carbocycles. The molecule has 0 bridgehead atoms. The molecule has 1 aromatic heterocycles. The third-order valence-corrected chi connectivity index (χ3v) is 5.75. The zero-order valence-corrected chi connectivity index (χ0v) is 16.6. The Balaban J connectivity index is 1.78. The molecule has 0 saturated carbocycles. The Kier molecular flexibility index (Phi) is 5.38. The first-order valence-corrected chi connectivity index (χ1v) is 10.1. The van der Waals surface area contributed by atoms with E-state index in [-0.39, 0.29) is 0 Å². The molecule has 3 heteroatoms. The van der Waals surface area contributed by atoms with Crippen molar-refractivity contribution in [2.24, 2.45) is 5.84 Å². The summed E-state index contributed by atoms with van der Waals surface area (Å²) in [5.41, 5.74) is 2.99. The van der Waals surface area contributed by atoms with E-state index in [1.54, 1.807) is 5.01 Å². The van der Waals surface area contributed by atoms with Crippen LogP contribution in [0.15, 0.2) is 103 Å². The molecule has 4 rings (SSSR count). The van der Waals surface area contributed by atoms with Gasteiger partial charge in [0, 0.05) is 20.2 Å². The number of allylic oxidation sites excluding steroid dienone is 4. The van der Waals surface area contributed by atoms with Crippen molar-refractivity contribution in [2.45, 2.75) is 6.92 Å². The van der Waals surface area contributed by atoms with Crippen LogP contribution in [0.5, 0.6) is 0 Å². The first-order chi connectivity index (χ1) is 13.8. The fourth-order valence-electron chi connectivity index (χ4n) is 3.20. The van der Waals surface area contributed by atoms with Crippen LogP contribution in [0.3, 0.4) is 0 Å². The second-order valence-corrected chi connectivity index (χ2v) is 7.60. The number of fused-ring (bicyclic) bond motifs is 3. The molecule has 0 saturated heterocycles. The number of anilines is 1. The van der Waals surface area contributed by atoms with Gasteiger partial charge in [0.1, 0.15) is 0 Å². The summed E-state index contributed by atoms with van der Waals surface area (Å²) < 4.78 is 2.57. The van der Waals surface area contributed by atoms with Crippen LogP contribution in [0.2, 0.25) is 0 Å². The van der Waals surface area contributed by atoms with Gasteiger partial charge in [-0.3, -0.25) is 5.01 Å². The van der Waals surface area contributed by atoms with E-state index in [9.17, 15) is 0 Å². The van der Waals surface area contributed by atoms with Crippen molar-refractivity contribution in [1.29, 1.82) is 0 Å². The molecule has 1 heterocycles. The van der Waals surface area contributed by atoms with Crippen LogP contribution in [0.4, 0.5) is 5.69 Å². The van der Waals surface area contributed by atoms with Gasteiger partial charge in [-0.25, -0.2) is 5.84 Å². The molecular weight excluding hydrogens is 360 g/mol. The summed E-state index contributed by atoms with van der Waals surface area (Å²) in [6.07, 6.45) is 10.1. The van der Waals surface area contributed by atoms with E-state index in [2.05, 4.69) is 60.7 Å².